The molecule has 2 aromatic rings. The van der Waals surface area contributed by atoms with Crippen LogP contribution in [0.25, 0.3) is 0 Å². The van der Waals surface area contributed by atoms with E-state index < -0.39 is 11.7 Å². The van der Waals surface area contributed by atoms with E-state index in [0.717, 1.165) is 57.2 Å². The topological polar surface area (TPSA) is 65.0 Å². The number of likely N-dealkylation sites (N-methyl/N-ethyl adjacent to an activating group) is 1. The molecule has 0 aromatic heterocycles. The number of nitrogens with one attached hydrogen (secondary N) is 1. The Labute approximate surface area is 219 Å². The zero-order valence-corrected chi connectivity index (χ0v) is 22.6. The van der Waals surface area contributed by atoms with Gasteiger partial charge in [-0.25, -0.2) is 0 Å². The number of benzene rings is 2. The van der Waals surface area contributed by atoms with Gasteiger partial charge in [0.1, 0.15) is 18.9 Å². The minimum absolute atomic E-state index is 0.264. The summed E-state index contributed by atoms with van der Waals surface area (Å²) in [6.07, 6.45) is -0.475. The maximum atomic E-state index is 12.0. The Morgan fingerprint density at radius 3 is 2.00 bits per heavy atom. The Kier molecular flexibility index (Phi) is 17.6. The summed E-state index contributed by atoms with van der Waals surface area (Å²) in [7, 11) is 8.21. The number of rotatable bonds is 8. The number of hydrogen-bond acceptors (Lipinski definition) is 6. The minimum atomic E-state index is -4.22. The Bertz CT molecular complexity index is 914. The van der Waals surface area contributed by atoms with E-state index in [9.17, 15) is 18.0 Å². The van der Waals surface area contributed by atoms with Gasteiger partial charge < -0.3 is 24.7 Å². The molecular weight excluding hydrogens is 481 g/mol. The van der Waals surface area contributed by atoms with Crippen LogP contribution in [0.3, 0.4) is 0 Å². The normalized spacial score (nSPS) is 12.2. The lowest BCUT2D eigenvalue weighted by molar-refractivity contribution is -0.138. The van der Waals surface area contributed by atoms with E-state index in [1.807, 2.05) is 20.9 Å². The largest absolute Gasteiger partial charge is 0.416 e. The zero-order valence-electron chi connectivity index (χ0n) is 22.6. The van der Waals surface area contributed by atoms with Gasteiger partial charge in [-0.1, -0.05) is 42.5 Å². The van der Waals surface area contributed by atoms with E-state index in [-0.39, 0.29) is 5.56 Å². The van der Waals surface area contributed by atoms with Gasteiger partial charge in [-0.15, -0.1) is 0 Å². The number of amidine groups is 1. The molecule has 6 nitrogen and oxygen atoms in total. The zero-order chi connectivity index (χ0) is 28.3. The third-order valence-corrected chi connectivity index (χ3v) is 5.13. The molecule has 0 unspecified atom stereocenters. The van der Waals surface area contributed by atoms with Crippen LogP contribution < -0.4 is 5.32 Å². The fourth-order valence-electron chi connectivity index (χ4n) is 3.16. The average Bonchev–Trinajstić information content (AvgIpc) is 3.40. The Balaban J connectivity index is 0.000000541. The number of unbranched alkanes of at least 4 members (excludes halogenated alkanes) is 1. The Hall–Kier alpha value is -3.04. The molecule has 0 amide bonds. The summed E-state index contributed by atoms with van der Waals surface area (Å²) < 4.78 is 36.1. The van der Waals surface area contributed by atoms with Crippen molar-refractivity contribution in [3.05, 3.63) is 70.8 Å². The number of aldehydes is 1. The highest BCUT2D eigenvalue weighted by Gasteiger charge is 2.31. The number of carbonyl (C=O) groups is 2. The van der Waals surface area contributed by atoms with Gasteiger partial charge in [0.2, 0.25) is 0 Å². The van der Waals surface area contributed by atoms with Crippen LogP contribution in [0.2, 0.25) is 0 Å². The van der Waals surface area contributed by atoms with E-state index in [0.29, 0.717) is 6.42 Å². The van der Waals surface area contributed by atoms with Crippen LogP contribution in [0.15, 0.2) is 53.5 Å². The molecule has 1 heterocycles. The fourth-order valence-corrected chi connectivity index (χ4v) is 3.16. The van der Waals surface area contributed by atoms with E-state index in [2.05, 4.69) is 58.5 Å². The molecule has 9 heteroatoms. The molecular formula is C28H41F3N4O2. The smallest absolute Gasteiger partial charge is 0.368 e. The van der Waals surface area contributed by atoms with Gasteiger partial charge in [0.15, 0.2) is 0 Å². The Morgan fingerprint density at radius 1 is 0.973 bits per heavy atom. The summed E-state index contributed by atoms with van der Waals surface area (Å²) in [4.78, 5) is 26.5. The number of halogens is 3. The van der Waals surface area contributed by atoms with Crippen molar-refractivity contribution in [1.29, 1.82) is 0 Å². The van der Waals surface area contributed by atoms with Crippen molar-refractivity contribution in [3.8, 4) is 0 Å². The molecule has 0 atom stereocenters. The van der Waals surface area contributed by atoms with Crippen LogP contribution in [-0.2, 0) is 22.2 Å². The van der Waals surface area contributed by atoms with Crippen molar-refractivity contribution in [2.24, 2.45) is 4.99 Å². The number of aryl methyl sites for hydroxylation is 1. The average molecular weight is 523 g/mol. The summed E-state index contributed by atoms with van der Waals surface area (Å²) in [6.45, 7) is 7.43. The maximum Gasteiger partial charge on any atom is 0.416 e. The first kappa shape index (κ1) is 34.0. The first-order chi connectivity index (χ1) is 17.5. The molecule has 0 bridgehead atoms. The molecule has 1 aliphatic rings. The van der Waals surface area contributed by atoms with Gasteiger partial charge in [-0.05, 0) is 71.7 Å². The number of carbonyl (C=O) groups excluding carboxylic acids is 2. The highest BCUT2D eigenvalue weighted by molar-refractivity contribution is 5.99. The highest BCUT2D eigenvalue weighted by atomic mass is 19.4. The summed E-state index contributed by atoms with van der Waals surface area (Å²) in [5.41, 5.74) is 2.29. The number of nitrogens with zero attached hydrogens (tertiary/aromatic N) is 3. The van der Waals surface area contributed by atoms with Crippen LogP contribution in [0.4, 0.5) is 13.2 Å². The fraction of sp³-hybridized carbons (Fsp3) is 0.464. The quantitative estimate of drug-likeness (QED) is 0.409. The van der Waals surface area contributed by atoms with Crippen LogP contribution in [0.5, 0.6) is 0 Å². The predicted molar refractivity (Wildman–Crippen MR) is 145 cm³/mol. The van der Waals surface area contributed by atoms with Gasteiger partial charge in [0, 0.05) is 25.1 Å². The summed E-state index contributed by atoms with van der Waals surface area (Å²) in [5.74, 6) is 1.04. The molecule has 0 saturated heterocycles. The van der Waals surface area contributed by atoms with Crippen molar-refractivity contribution >= 4 is 18.9 Å². The summed E-state index contributed by atoms with van der Waals surface area (Å²) in [5, 5.41) is 3.28. The van der Waals surface area contributed by atoms with Crippen LogP contribution in [-0.4, -0.2) is 83.1 Å². The van der Waals surface area contributed by atoms with Crippen LogP contribution >= 0.6 is 0 Å². The van der Waals surface area contributed by atoms with E-state index in [4.69, 9.17) is 4.79 Å². The number of alkyl halides is 3. The third kappa shape index (κ3) is 15.6. The van der Waals surface area contributed by atoms with Crippen molar-refractivity contribution in [1.82, 2.24) is 15.1 Å². The monoisotopic (exact) mass is 522 g/mol. The summed E-state index contributed by atoms with van der Waals surface area (Å²) in [6, 6.07) is 14.2. The van der Waals surface area contributed by atoms with Crippen molar-refractivity contribution in [3.63, 3.8) is 0 Å². The standard InChI is InChI=1S/C13H19N3.C8H7F3.C6H13NO.CH2O/c1-16(2)10-7-11-3-5-12(6-4-11)13-14-8-9-15-13;1-6-4-2-3-5-7(6)8(9,10)11;1-7(2)5-3-4-6-8;1-2/h3-6H,7-10H2,1-2H3,(H,14,15);2-5H,1H3;6H,3-5H2,1-2H3;1H2. The van der Waals surface area contributed by atoms with Crippen molar-refractivity contribution in [2.75, 3.05) is 54.4 Å². The molecule has 0 spiro atoms. The van der Waals surface area contributed by atoms with Gasteiger partial charge in [0.25, 0.3) is 0 Å². The Morgan fingerprint density at radius 2 is 1.57 bits per heavy atom. The molecule has 0 saturated carbocycles. The number of aliphatic imine (C=N–C) groups is 1. The third-order valence-electron chi connectivity index (χ3n) is 5.13. The SMILES string of the molecule is C=O.CN(C)CCCC=O.CN(C)CCc1ccc(C2=NCCN2)cc1.Cc1ccccc1C(F)(F)F. The van der Waals surface area contributed by atoms with Crippen LogP contribution in [0.1, 0.15) is 35.1 Å². The molecule has 0 fully saturated rings. The lowest BCUT2D eigenvalue weighted by Crippen LogP contribution is -2.19. The molecule has 0 aliphatic carbocycles. The van der Waals surface area contributed by atoms with Crippen molar-refractivity contribution in [2.45, 2.75) is 32.4 Å². The second-order valence-corrected chi connectivity index (χ2v) is 8.83. The molecule has 2 aromatic carbocycles. The van der Waals surface area contributed by atoms with Crippen molar-refractivity contribution < 1.29 is 22.8 Å². The van der Waals surface area contributed by atoms with Gasteiger partial charge in [0.05, 0.1) is 12.1 Å². The molecule has 3 rings (SSSR count). The molecule has 37 heavy (non-hydrogen) atoms. The van der Waals surface area contributed by atoms with E-state index >= 15 is 0 Å². The minimum Gasteiger partial charge on any atom is -0.368 e. The lowest BCUT2D eigenvalue weighted by Gasteiger charge is -2.09. The van der Waals surface area contributed by atoms with E-state index in [1.54, 1.807) is 6.07 Å². The number of hydrogen-bond donors (Lipinski definition) is 1. The first-order valence-electron chi connectivity index (χ1n) is 12.1. The second-order valence-electron chi connectivity index (χ2n) is 8.83. The molecule has 1 aliphatic heterocycles. The maximum absolute atomic E-state index is 12.0. The predicted octanol–water partition coefficient (Wildman–Crippen LogP) is 4.50. The molecule has 0 radical (unpaired) electrons. The first-order valence-corrected chi connectivity index (χ1v) is 12.1. The van der Waals surface area contributed by atoms with Gasteiger partial charge >= 0.3 is 6.18 Å². The molecule has 206 valence electrons. The summed E-state index contributed by atoms with van der Waals surface area (Å²) >= 11 is 0. The lowest BCUT2D eigenvalue weighted by atomic mass is 10.1. The molecule has 1 N–H and O–H groups in total. The van der Waals surface area contributed by atoms with Crippen LogP contribution in [0, 0.1) is 6.92 Å². The van der Waals surface area contributed by atoms with Gasteiger partial charge in [-0.2, -0.15) is 13.2 Å². The van der Waals surface area contributed by atoms with Gasteiger partial charge in [-0.3, -0.25) is 4.99 Å². The highest BCUT2D eigenvalue weighted by Crippen LogP contribution is 2.31. The second kappa shape index (κ2) is 19.1. The van der Waals surface area contributed by atoms with E-state index in [1.165, 1.54) is 30.2 Å².